The lowest BCUT2D eigenvalue weighted by atomic mass is 10.0. The van der Waals surface area contributed by atoms with Crippen LogP contribution in [-0.4, -0.2) is 21.9 Å². The molecule has 158 valence electrons. The number of aromatic nitrogens is 2. The molecule has 2 heterocycles. The molecule has 0 saturated heterocycles. The van der Waals surface area contributed by atoms with Crippen molar-refractivity contribution in [3.63, 3.8) is 0 Å². The van der Waals surface area contributed by atoms with E-state index in [1.165, 1.54) is 11.1 Å². The van der Waals surface area contributed by atoms with Gasteiger partial charge in [0, 0.05) is 11.8 Å². The molecule has 31 heavy (non-hydrogen) atoms. The minimum Gasteiger partial charge on any atom is -0.492 e. The van der Waals surface area contributed by atoms with Gasteiger partial charge >= 0.3 is 0 Å². The van der Waals surface area contributed by atoms with Gasteiger partial charge in [0.25, 0.3) is 0 Å². The number of amides is 1. The third kappa shape index (κ3) is 4.17. The summed E-state index contributed by atoms with van der Waals surface area (Å²) in [6, 6.07) is 17.8. The molecule has 5 heteroatoms. The fourth-order valence-corrected chi connectivity index (χ4v) is 3.74. The van der Waals surface area contributed by atoms with Crippen molar-refractivity contribution in [3.05, 3.63) is 83.2 Å². The summed E-state index contributed by atoms with van der Waals surface area (Å²) in [6.07, 6.45) is 2.17. The Bertz CT molecular complexity index is 1260. The summed E-state index contributed by atoms with van der Waals surface area (Å²) in [5, 5.41) is 3.01. The molecule has 0 aliphatic rings. The number of hydrogen-bond acceptors (Lipinski definition) is 3. The average molecular weight is 414 g/mol. The Hall–Kier alpha value is -3.60. The van der Waals surface area contributed by atoms with E-state index in [9.17, 15) is 4.79 Å². The SMILES string of the molecule is CCOc1ccccc1NC(=O)Cc1c(-c2ccc(C)c(C)c2)nc2c(C)cccn12. The highest BCUT2D eigenvalue weighted by Crippen LogP contribution is 2.29. The summed E-state index contributed by atoms with van der Waals surface area (Å²) >= 11 is 0. The molecular formula is C26H27N3O2. The average Bonchev–Trinajstić information content (AvgIpc) is 3.11. The maximum Gasteiger partial charge on any atom is 0.230 e. The molecule has 0 spiro atoms. The number of nitrogens with zero attached hydrogens (tertiary/aromatic N) is 2. The first-order chi connectivity index (χ1) is 15.0. The molecule has 0 aliphatic carbocycles. The maximum absolute atomic E-state index is 13.1. The molecule has 0 bridgehead atoms. The Labute approximate surface area is 182 Å². The number of para-hydroxylation sites is 2. The van der Waals surface area contributed by atoms with Crippen LogP contribution in [0.1, 0.15) is 29.3 Å². The topological polar surface area (TPSA) is 55.6 Å². The standard InChI is InChI=1S/C26H27N3O2/c1-5-31-23-11-7-6-10-21(23)27-24(30)16-22-25(20-13-12-17(2)19(4)15-20)28-26-18(3)9-8-14-29(22)26/h6-15H,5,16H2,1-4H3,(H,27,30). The Morgan fingerprint density at radius 1 is 1.00 bits per heavy atom. The van der Waals surface area contributed by atoms with Crippen molar-refractivity contribution in [3.8, 4) is 17.0 Å². The molecule has 0 saturated carbocycles. The molecule has 4 aromatic rings. The summed E-state index contributed by atoms with van der Waals surface area (Å²) in [4.78, 5) is 18.0. The number of hydrogen-bond donors (Lipinski definition) is 1. The monoisotopic (exact) mass is 413 g/mol. The number of nitrogens with one attached hydrogen (secondary N) is 1. The van der Waals surface area contributed by atoms with E-state index in [0.717, 1.165) is 28.2 Å². The highest BCUT2D eigenvalue weighted by molar-refractivity contribution is 5.94. The predicted molar refractivity (Wildman–Crippen MR) is 125 cm³/mol. The van der Waals surface area contributed by atoms with Gasteiger partial charge in [0.05, 0.1) is 30.1 Å². The second-order valence-electron chi connectivity index (χ2n) is 7.75. The Morgan fingerprint density at radius 2 is 1.81 bits per heavy atom. The van der Waals surface area contributed by atoms with E-state index < -0.39 is 0 Å². The second kappa shape index (κ2) is 8.64. The molecule has 0 atom stereocenters. The molecule has 1 N–H and O–H groups in total. The lowest BCUT2D eigenvalue weighted by Gasteiger charge is -2.12. The molecule has 5 nitrogen and oxygen atoms in total. The van der Waals surface area contributed by atoms with Crippen molar-refractivity contribution in [1.29, 1.82) is 0 Å². The van der Waals surface area contributed by atoms with Crippen molar-refractivity contribution >= 4 is 17.2 Å². The lowest BCUT2D eigenvalue weighted by molar-refractivity contribution is -0.115. The number of pyridine rings is 1. The summed E-state index contributed by atoms with van der Waals surface area (Å²) in [7, 11) is 0. The zero-order chi connectivity index (χ0) is 22.0. The maximum atomic E-state index is 13.1. The molecule has 0 radical (unpaired) electrons. The van der Waals surface area contributed by atoms with Gasteiger partial charge in [-0.2, -0.15) is 0 Å². The minimum absolute atomic E-state index is 0.111. The second-order valence-corrected chi connectivity index (χ2v) is 7.75. The number of imidazole rings is 1. The molecule has 0 unspecified atom stereocenters. The van der Waals surface area contributed by atoms with Gasteiger partial charge < -0.3 is 14.5 Å². The number of fused-ring (bicyclic) bond motifs is 1. The van der Waals surface area contributed by atoms with Crippen LogP contribution in [-0.2, 0) is 11.2 Å². The van der Waals surface area contributed by atoms with E-state index >= 15 is 0 Å². The van der Waals surface area contributed by atoms with Crippen LogP contribution in [0.3, 0.4) is 0 Å². The number of carbonyl (C=O) groups is 1. The van der Waals surface area contributed by atoms with E-state index in [-0.39, 0.29) is 12.3 Å². The molecular weight excluding hydrogens is 386 g/mol. The van der Waals surface area contributed by atoms with E-state index in [4.69, 9.17) is 9.72 Å². The van der Waals surface area contributed by atoms with Crippen LogP contribution in [0.4, 0.5) is 5.69 Å². The van der Waals surface area contributed by atoms with Crippen molar-refractivity contribution in [2.24, 2.45) is 0 Å². The van der Waals surface area contributed by atoms with E-state index in [0.29, 0.717) is 18.0 Å². The summed E-state index contributed by atoms with van der Waals surface area (Å²) in [6.45, 7) is 8.69. The van der Waals surface area contributed by atoms with Gasteiger partial charge in [-0.1, -0.05) is 30.3 Å². The first kappa shape index (κ1) is 20.7. The number of ether oxygens (including phenoxy) is 1. The number of benzene rings is 2. The van der Waals surface area contributed by atoms with Crippen LogP contribution in [0.15, 0.2) is 60.8 Å². The fraction of sp³-hybridized carbons (Fsp3) is 0.231. The molecule has 4 rings (SSSR count). The highest BCUT2D eigenvalue weighted by atomic mass is 16.5. The van der Waals surface area contributed by atoms with Gasteiger partial charge in [0.15, 0.2) is 0 Å². The first-order valence-corrected chi connectivity index (χ1v) is 10.5. The van der Waals surface area contributed by atoms with Crippen LogP contribution in [0.5, 0.6) is 5.75 Å². The molecule has 2 aromatic heterocycles. The summed E-state index contributed by atoms with van der Waals surface area (Å²) in [5.74, 6) is 0.558. The smallest absolute Gasteiger partial charge is 0.230 e. The van der Waals surface area contributed by atoms with Crippen molar-refractivity contribution < 1.29 is 9.53 Å². The van der Waals surface area contributed by atoms with Gasteiger partial charge in [-0.3, -0.25) is 4.79 Å². The van der Waals surface area contributed by atoms with Gasteiger partial charge in [0.1, 0.15) is 11.4 Å². The van der Waals surface area contributed by atoms with Crippen LogP contribution in [0.2, 0.25) is 0 Å². The molecule has 1 amide bonds. The lowest BCUT2D eigenvalue weighted by Crippen LogP contribution is -2.16. The van der Waals surface area contributed by atoms with Crippen molar-refractivity contribution in [2.45, 2.75) is 34.1 Å². The van der Waals surface area contributed by atoms with Crippen molar-refractivity contribution in [2.75, 3.05) is 11.9 Å². The quantitative estimate of drug-likeness (QED) is 0.454. The van der Waals surface area contributed by atoms with Crippen LogP contribution in [0.25, 0.3) is 16.9 Å². The fourth-order valence-electron chi connectivity index (χ4n) is 3.74. The van der Waals surface area contributed by atoms with Crippen LogP contribution < -0.4 is 10.1 Å². The normalized spacial score (nSPS) is 11.0. The summed E-state index contributed by atoms with van der Waals surface area (Å²) < 4.78 is 7.67. The Kier molecular flexibility index (Phi) is 5.76. The minimum atomic E-state index is -0.111. The van der Waals surface area contributed by atoms with Crippen LogP contribution in [0, 0.1) is 20.8 Å². The van der Waals surface area contributed by atoms with Gasteiger partial charge in [0.2, 0.25) is 5.91 Å². The van der Waals surface area contributed by atoms with E-state index in [1.807, 2.05) is 60.8 Å². The Balaban J connectivity index is 1.73. The van der Waals surface area contributed by atoms with E-state index in [2.05, 4.69) is 37.4 Å². The molecule has 2 aromatic carbocycles. The highest BCUT2D eigenvalue weighted by Gasteiger charge is 2.19. The zero-order valence-corrected chi connectivity index (χ0v) is 18.4. The zero-order valence-electron chi connectivity index (χ0n) is 18.4. The third-order valence-corrected chi connectivity index (χ3v) is 5.51. The van der Waals surface area contributed by atoms with Crippen LogP contribution >= 0.6 is 0 Å². The number of anilines is 1. The van der Waals surface area contributed by atoms with Gasteiger partial charge in [-0.25, -0.2) is 4.98 Å². The van der Waals surface area contributed by atoms with Gasteiger partial charge in [-0.15, -0.1) is 0 Å². The van der Waals surface area contributed by atoms with E-state index in [1.54, 1.807) is 0 Å². The Morgan fingerprint density at radius 3 is 2.58 bits per heavy atom. The largest absolute Gasteiger partial charge is 0.492 e. The van der Waals surface area contributed by atoms with Crippen molar-refractivity contribution in [1.82, 2.24) is 9.38 Å². The first-order valence-electron chi connectivity index (χ1n) is 10.5. The molecule has 0 aliphatic heterocycles. The third-order valence-electron chi connectivity index (χ3n) is 5.51. The van der Waals surface area contributed by atoms with Gasteiger partial charge in [-0.05, 0) is 68.7 Å². The molecule has 0 fully saturated rings. The number of rotatable bonds is 6. The number of aryl methyl sites for hydroxylation is 3. The predicted octanol–water partition coefficient (Wildman–Crippen LogP) is 5.51. The number of carbonyl (C=O) groups excluding carboxylic acids is 1. The summed E-state index contributed by atoms with van der Waals surface area (Å²) in [5.41, 5.74) is 7.77.